The molecule has 17 heavy (non-hydrogen) atoms. The predicted octanol–water partition coefficient (Wildman–Crippen LogP) is 1.97. The maximum absolute atomic E-state index is 9.73. The van der Waals surface area contributed by atoms with Crippen LogP contribution in [0.15, 0.2) is 35.6 Å². The number of Topliss-reactive ketones (excluding diaryl/α,β-unsaturated/α-hetero) is 1. The van der Waals surface area contributed by atoms with Gasteiger partial charge in [-0.3, -0.25) is 9.78 Å². The minimum atomic E-state index is -0.252. The van der Waals surface area contributed by atoms with Crippen molar-refractivity contribution in [3.63, 3.8) is 0 Å². The van der Waals surface area contributed by atoms with Gasteiger partial charge in [0.25, 0.3) is 0 Å². The van der Waals surface area contributed by atoms with Crippen molar-refractivity contribution < 1.29 is 10.0 Å². The maximum atomic E-state index is 9.73. The number of fused-ring (bicyclic) bond motifs is 1. The van der Waals surface area contributed by atoms with Crippen molar-refractivity contribution in [2.24, 2.45) is 5.16 Å². The summed E-state index contributed by atoms with van der Waals surface area (Å²) in [4.78, 5) is 18.3. The van der Waals surface area contributed by atoms with Crippen LogP contribution >= 0.6 is 0 Å². The Morgan fingerprint density at radius 1 is 1.35 bits per heavy atom. The molecule has 2 rings (SSSR count). The second-order valence-corrected chi connectivity index (χ2v) is 3.36. The number of carbonyl (C=O) groups is 1. The summed E-state index contributed by atoms with van der Waals surface area (Å²) in [6, 6.07) is 7.86. The summed E-state index contributed by atoms with van der Waals surface area (Å²) < 4.78 is 0. The second-order valence-electron chi connectivity index (χ2n) is 3.36. The molecule has 1 heterocycles. The number of nitrogens with zero attached hydrogens (tertiary/aromatic N) is 3. The third-order valence-corrected chi connectivity index (χ3v) is 1.81. The van der Waals surface area contributed by atoms with Gasteiger partial charge < -0.3 is 5.21 Å². The zero-order valence-corrected chi connectivity index (χ0v) is 9.66. The standard InChI is InChI=1S/C9H8N2.C3H5NO2/c1-7-6-10-8-4-2-3-5-9(8)11-7;1-3(5)2-4-6/h2-6H,1H3;2,6H,1H3/b;4-2-. The molecule has 2 aromatic rings. The number of ketones is 1. The van der Waals surface area contributed by atoms with Crippen LogP contribution in [0.3, 0.4) is 0 Å². The molecule has 0 aliphatic rings. The first kappa shape index (κ1) is 12.8. The number of rotatable bonds is 1. The summed E-state index contributed by atoms with van der Waals surface area (Å²) in [5, 5.41) is 10.0. The molecule has 0 amide bonds. The number of aryl methyl sites for hydroxylation is 1. The van der Waals surface area contributed by atoms with E-state index in [2.05, 4.69) is 15.1 Å². The van der Waals surface area contributed by atoms with Crippen molar-refractivity contribution in [3.05, 3.63) is 36.2 Å². The molecule has 0 aliphatic heterocycles. The Morgan fingerprint density at radius 2 is 2.00 bits per heavy atom. The topological polar surface area (TPSA) is 75.4 Å². The highest BCUT2D eigenvalue weighted by atomic mass is 16.4. The first-order valence-corrected chi connectivity index (χ1v) is 5.00. The highest BCUT2D eigenvalue weighted by Gasteiger charge is 1.92. The van der Waals surface area contributed by atoms with E-state index in [1.807, 2.05) is 31.2 Å². The van der Waals surface area contributed by atoms with Crippen molar-refractivity contribution in [2.45, 2.75) is 13.8 Å². The number of aromatic nitrogens is 2. The Kier molecular flexibility index (Phi) is 4.75. The smallest absolute Gasteiger partial charge is 0.174 e. The zero-order chi connectivity index (χ0) is 12.7. The Balaban J connectivity index is 0.000000209. The van der Waals surface area contributed by atoms with Gasteiger partial charge in [0, 0.05) is 13.1 Å². The summed E-state index contributed by atoms with van der Waals surface area (Å²) in [7, 11) is 0. The molecule has 0 atom stereocenters. The highest BCUT2D eigenvalue weighted by Crippen LogP contribution is 2.06. The van der Waals surface area contributed by atoms with E-state index >= 15 is 0 Å². The van der Waals surface area contributed by atoms with Gasteiger partial charge >= 0.3 is 0 Å². The van der Waals surface area contributed by atoms with Crippen molar-refractivity contribution in [3.8, 4) is 0 Å². The Hall–Kier alpha value is -2.30. The molecule has 1 N–H and O–H groups in total. The number of para-hydroxylation sites is 2. The fraction of sp³-hybridized carbons (Fsp3) is 0.167. The largest absolute Gasteiger partial charge is 0.411 e. The fourth-order valence-electron chi connectivity index (χ4n) is 1.13. The van der Waals surface area contributed by atoms with Crippen molar-refractivity contribution in [2.75, 3.05) is 0 Å². The van der Waals surface area contributed by atoms with E-state index < -0.39 is 0 Å². The van der Waals surface area contributed by atoms with E-state index in [4.69, 9.17) is 5.21 Å². The van der Waals surface area contributed by atoms with Crippen LogP contribution in [0.2, 0.25) is 0 Å². The van der Waals surface area contributed by atoms with Crippen LogP contribution in [0.1, 0.15) is 12.6 Å². The van der Waals surface area contributed by atoms with E-state index in [9.17, 15) is 4.79 Å². The summed E-state index contributed by atoms with van der Waals surface area (Å²) in [5.41, 5.74) is 2.88. The lowest BCUT2D eigenvalue weighted by Gasteiger charge is -1.95. The quantitative estimate of drug-likeness (QED) is 0.462. The average Bonchev–Trinajstić information content (AvgIpc) is 2.29. The third kappa shape index (κ3) is 4.38. The number of oxime groups is 1. The van der Waals surface area contributed by atoms with Crippen LogP contribution in [-0.2, 0) is 4.79 Å². The number of hydrogen-bond acceptors (Lipinski definition) is 5. The third-order valence-electron chi connectivity index (χ3n) is 1.81. The van der Waals surface area contributed by atoms with E-state index in [0.717, 1.165) is 22.9 Å². The number of hydrogen-bond donors (Lipinski definition) is 1. The van der Waals surface area contributed by atoms with Gasteiger partial charge in [0.1, 0.15) is 6.21 Å². The molecule has 0 saturated heterocycles. The molecule has 5 nitrogen and oxygen atoms in total. The predicted molar refractivity (Wildman–Crippen MR) is 65.2 cm³/mol. The van der Waals surface area contributed by atoms with Crippen LogP contribution in [-0.4, -0.2) is 27.2 Å². The summed E-state index contributed by atoms with van der Waals surface area (Å²) in [6.45, 7) is 3.25. The summed E-state index contributed by atoms with van der Waals surface area (Å²) in [6.07, 6.45) is 2.61. The van der Waals surface area contributed by atoms with Gasteiger partial charge in [0.15, 0.2) is 5.78 Å². The molecule has 0 saturated carbocycles. The first-order chi connectivity index (χ1) is 8.13. The molecule has 5 heteroatoms. The van der Waals surface area contributed by atoms with Gasteiger partial charge in [-0.1, -0.05) is 17.3 Å². The molecular weight excluding hydrogens is 218 g/mol. The molecule has 1 aromatic carbocycles. The Labute approximate surface area is 98.8 Å². The van der Waals surface area contributed by atoms with E-state index in [1.54, 1.807) is 6.20 Å². The fourth-order valence-corrected chi connectivity index (χ4v) is 1.13. The van der Waals surface area contributed by atoms with Gasteiger partial charge in [-0.05, 0) is 19.1 Å². The van der Waals surface area contributed by atoms with Gasteiger partial charge in [-0.2, -0.15) is 0 Å². The average molecular weight is 231 g/mol. The molecule has 0 aliphatic carbocycles. The Bertz CT molecular complexity index is 538. The van der Waals surface area contributed by atoms with Crippen molar-refractivity contribution in [1.82, 2.24) is 9.97 Å². The highest BCUT2D eigenvalue weighted by molar-refractivity contribution is 6.26. The lowest BCUT2D eigenvalue weighted by atomic mass is 10.3. The minimum absolute atomic E-state index is 0.252. The van der Waals surface area contributed by atoms with Crippen molar-refractivity contribution in [1.29, 1.82) is 0 Å². The van der Waals surface area contributed by atoms with Crippen LogP contribution in [0.4, 0.5) is 0 Å². The lowest BCUT2D eigenvalue weighted by Crippen LogP contribution is -1.87. The molecule has 1 aromatic heterocycles. The second kappa shape index (κ2) is 6.32. The van der Waals surface area contributed by atoms with Gasteiger partial charge in [-0.15, -0.1) is 0 Å². The van der Waals surface area contributed by atoms with Gasteiger partial charge in [-0.25, -0.2) is 4.98 Å². The summed E-state index contributed by atoms with van der Waals surface area (Å²) >= 11 is 0. The molecule has 0 radical (unpaired) electrons. The van der Waals surface area contributed by atoms with Gasteiger partial charge in [0.05, 0.1) is 16.7 Å². The number of benzene rings is 1. The minimum Gasteiger partial charge on any atom is -0.411 e. The van der Waals surface area contributed by atoms with Gasteiger partial charge in [0.2, 0.25) is 0 Å². The first-order valence-electron chi connectivity index (χ1n) is 5.00. The molecule has 0 fully saturated rings. The molecule has 0 unspecified atom stereocenters. The lowest BCUT2D eigenvalue weighted by molar-refractivity contribution is -0.110. The monoisotopic (exact) mass is 231 g/mol. The van der Waals surface area contributed by atoms with E-state index in [-0.39, 0.29) is 5.78 Å². The van der Waals surface area contributed by atoms with Crippen LogP contribution in [0.5, 0.6) is 0 Å². The normalized spacial score (nSPS) is 10.0. The number of carbonyl (C=O) groups excluding carboxylic acids is 1. The summed E-state index contributed by atoms with van der Waals surface area (Å²) in [5.74, 6) is -0.252. The maximum Gasteiger partial charge on any atom is 0.174 e. The molecule has 88 valence electrons. The molecule has 0 bridgehead atoms. The van der Waals surface area contributed by atoms with Crippen LogP contribution in [0.25, 0.3) is 11.0 Å². The SMILES string of the molecule is CC(=O)/C=N\O.Cc1cnc2ccccc2n1. The van der Waals surface area contributed by atoms with Crippen molar-refractivity contribution >= 4 is 23.0 Å². The molecular formula is C12H13N3O2. The van der Waals surface area contributed by atoms with Crippen LogP contribution in [0, 0.1) is 6.92 Å². The Morgan fingerprint density at radius 3 is 2.53 bits per heavy atom. The van der Waals surface area contributed by atoms with E-state index in [0.29, 0.717) is 0 Å². The molecule has 0 spiro atoms. The van der Waals surface area contributed by atoms with Crippen LogP contribution < -0.4 is 0 Å². The van der Waals surface area contributed by atoms with E-state index in [1.165, 1.54) is 6.92 Å². The zero-order valence-electron chi connectivity index (χ0n) is 9.66.